The van der Waals surface area contributed by atoms with E-state index in [0.29, 0.717) is 4.90 Å². The average Bonchev–Trinajstić information content (AvgIpc) is 2.61. The van der Waals surface area contributed by atoms with E-state index in [0.717, 1.165) is 25.4 Å². The van der Waals surface area contributed by atoms with Crippen LogP contribution in [0.25, 0.3) is 0 Å². The molecule has 0 spiro atoms. The van der Waals surface area contributed by atoms with Crippen molar-refractivity contribution in [1.82, 2.24) is 9.37 Å². The maximum Gasteiger partial charge on any atom is 0.459 e. The number of amides is 2. The zero-order valence-corrected chi connectivity index (χ0v) is 21.9. The van der Waals surface area contributed by atoms with E-state index in [-0.39, 0.29) is 4.47 Å². The van der Waals surface area contributed by atoms with Crippen molar-refractivity contribution in [3.05, 3.63) is 24.3 Å². The van der Waals surface area contributed by atoms with Gasteiger partial charge in [0.05, 0.1) is 4.90 Å². The first-order valence-electron chi connectivity index (χ1n) is 9.87. The first-order valence-corrected chi connectivity index (χ1v) is 13.2. The molecular weight excluding hydrogens is 492 g/mol. The number of sulfonamides is 1. The van der Waals surface area contributed by atoms with Crippen molar-refractivity contribution in [2.45, 2.75) is 62.5 Å². The molecule has 0 atom stereocenters. The Hall–Kier alpha value is -2.87. The van der Waals surface area contributed by atoms with Crippen molar-refractivity contribution >= 4 is 38.0 Å². The van der Waals surface area contributed by atoms with Gasteiger partial charge >= 0.3 is 28.2 Å². The number of nitrogens with zero attached hydrogens (tertiary/aromatic N) is 2. The molecule has 0 bridgehead atoms. The molecule has 0 saturated heterocycles. The molecule has 0 aliphatic rings. The van der Waals surface area contributed by atoms with Gasteiger partial charge in [-0.2, -0.15) is 8.42 Å². The van der Waals surface area contributed by atoms with Crippen LogP contribution in [-0.4, -0.2) is 75.4 Å². The highest BCUT2D eigenvalue weighted by Crippen LogP contribution is 2.26. The second-order valence-electron chi connectivity index (χ2n) is 9.23. The number of benzene rings is 1. The van der Waals surface area contributed by atoms with Crippen molar-refractivity contribution in [2.75, 3.05) is 19.8 Å². The van der Waals surface area contributed by atoms with Gasteiger partial charge in [-0.15, -0.1) is 0 Å². The quantitative estimate of drug-likeness (QED) is 0.416. The summed E-state index contributed by atoms with van der Waals surface area (Å²) in [5, 5.41) is 0. The SMILES string of the molecule is CN(CC(=O)OC(C)(C)C)C(=O)ON(C(=O)OC(C)(C)C)S(=O)(=O)c1ccccc1S(C)(=O)=O. The number of hydroxylamine groups is 1. The number of carbonyl (C=O) groups is 3. The summed E-state index contributed by atoms with van der Waals surface area (Å²) in [5.74, 6) is -0.818. The third kappa shape index (κ3) is 8.48. The van der Waals surface area contributed by atoms with Crippen LogP contribution in [0, 0.1) is 0 Å². The zero-order chi connectivity index (χ0) is 26.7. The Morgan fingerprint density at radius 2 is 1.29 bits per heavy atom. The normalized spacial score (nSPS) is 12.5. The highest BCUT2D eigenvalue weighted by molar-refractivity contribution is 7.93. The largest absolute Gasteiger partial charge is 0.459 e. The van der Waals surface area contributed by atoms with Gasteiger partial charge in [0.1, 0.15) is 22.6 Å². The molecule has 34 heavy (non-hydrogen) atoms. The number of likely N-dealkylation sites (N-methyl/N-ethyl adjacent to an activating group) is 1. The van der Waals surface area contributed by atoms with E-state index >= 15 is 0 Å². The lowest BCUT2D eigenvalue weighted by atomic mass is 10.2. The van der Waals surface area contributed by atoms with E-state index in [4.69, 9.17) is 14.3 Å². The summed E-state index contributed by atoms with van der Waals surface area (Å²) >= 11 is 0. The third-order valence-electron chi connectivity index (χ3n) is 3.55. The lowest BCUT2D eigenvalue weighted by Crippen LogP contribution is -2.46. The van der Waals surface area contributed by atoms with Crippen LogP contribution in [0.4, 0.5) is 9.59 Å². The smallest absolute Gasteiger partial charge is 0.459 e. The highest BCUT2D eigenvalue weighted by atomic mass is 32.2. The van der Waals surface area contributed by atoms with Gasteiger partial charge in [-0.25, -0.2) is 18.0 Å². The highest BCUT2D eigenvalue weighted by Gasteiger charge is 2.40. The van der Waals surface area contributed by atoms with E-state index < -0.39 is 65.6 Å². The number of esters is 1. The fraction of sp³-hybridized carbons (Fsp3) is 0.550. The van der Waals surface area contributed by atoms with Crippen LogP contribution in [0.5, 0.6) is 0 Å². The van der Waals surface area contributed by atoms with Gasteiger partial charge in [0, 0.05) is 13.3 Å². The van der Waals surface area contributed by atoms with E-state index in [2.05, 4.69) is 0 Å². The summed E-state index contributed by atoms with van der Waals surface area (Å²) in [4.78, 5) is 41.3. The maximum absolute atomic E-state index is 13.3. The van der Waals surface area contributed by atoms with Gasteiger partial charge < -0.3 is 9.47 Å². The van der Waals surface area contributed by atoms with Crippen LogP contribution in [0.2, 0.25) is 0 Å². The second kappa shape index (κ2) is 10.2. The molecule has 0 N–H and O–H groups in total. The van der Waals surface area contributed by atoms with Crippen molar-refractivity contribution in [3.63, 3.8) is 0 Å². The average molecular weight is 523 g/mol. The molecular formula is C20H30N2O10S2. The summed E-state index contributed by atoms with van der Waals surface area (Å²) < 4.78 is 60.5. The standard InChI is InChI=1S/C20H30N2O10S2/c1-19(2,3)30-16(23)13-21(7)17(24)32-22(18(25)31-20(4,5)6)34(28,29)15-12-10-9-11-14(15)33(8,26)27/h9-12H,13H2,1-8H3. The Balaban J connectivity index is 3.40. The predicted molar refractivity (Wildman–Crippen MR) is 120 cm³/mol. The van der Waals surface area contributed by atoms with Crippen molar-refractivity contribution in [2.24, 2.45) is 0 Å². The van der Waals surface area contributed by atoms with Crippen LogP contribution < -0.4 is 0 Å². The van der Waals surface area contributed by atoms with Gasteiger partial charge in [-0.1, -0.05) is 12.1 Å². The summed E-state index contributed by atoms with van der Waals surface area (Å²) in [5.41, 5.74) is -2.04. The molecule has 2 amide bonds. The van der Waals surface area contributed by atoms with Gasteiger partial charge in [-0.3, -0.25) is 14.5 Å². The molecule has 0 aromatic heterocycles. The molecule has 0 saturated carbocycles. The maximum atomic E-state index is 13.3. The number of carbonyl (C=O) groups excluding carboxylic acids is 3. The minimum Gasteiger partial charge on any atom is -0.459 e. The molecule has 14 heteroatoms. The summed E-state index contributed by atoms with van der Waals surface area (Å²) in [6.45, 7) is 8.53. The molecule has 0 heterocycles. The monoisotopic (exact) mass is 522 g/mol. The third-order valence-corrected chi connectivity index (χ3v) is 6.40. The lowest BCUT2D eigenvalue weighted by molar-refractivity contribution is -0.155. The van der Waals surface area contributed by atoms with Crippen LogP contribution in [0.3, 0.4) is 0 Å². The number of sulfone groups is 1. The van der Waals surface area contributed by atoms with Gasteiger partial charge in [0.15, 0.2) is 9.84 Å². The van der Waals surface area contributed by atoms with E-state index in [1.165, 1.54) is 32.9 Å². The summed E-state index contributed by atoms with van der Waals surface area (Å²) in [6.07, 6.45) is -2.24. The fourth-order valence-corrected chi connectivity index (χ4v) is 4.99. The zero-order valence-electron chi connectivity index (χ0n) is 20.3. The molecule has 0 fully saturated rings. The molecule has 0 aliphatic carbocycles. The Labute approximate surface area is 199 Å². The van der Waals surface area contributed by atoms with Gasteiger partial charge in [-0.05, 0) is 58.1 Å². The Morgan fingerprint density at radius 1 is 0.824 bits per heavy atom. The minimum absolute atomic E-state index is 0.351. The lowest BCUT2D eigenvalue weighted by Gasteiger charge is -2.27. The number of hydrogen-bond acceptors (Lipinski definition) is 10. The Morgan fingerprint density at radius 3 is 1.74 bits per heavy atom. The van der Waals surface area contributed by atoms with E-state index in [1.54, 1.807) is 20.8 Å². The first-order chi connectivity index (χ1) is 15.1. The molecule has 192 valence electrons. The van der Waals surface area contributed by atoms with Crippen LogP contribution in [-0.2, 0) is 39.0 Å². The van der Waals surface area contributed by atoms with Crippen LogP contribution in [0.1, 0.15) is 41.5 Å². The van der Waals surface area contributed by atoms with Crippen molar-refractivity contribution < 1.29 is 45.5 Å². The predicted octanol–water partition coefficient (Wildman–Crippen LogP) is 2.34. The molecule has 1 rings (SSSR count). The fourth-order valence-electron chi connectivity index (χ4n) is 2.32. The Bertz CT molecular complexity index is 1150. The number of rotatable bonds is 5. The van der Waals surface area contributed by atoms with Crippen LogP contribution >= 0.6 is 0 Å². The second-order valence-corrected chi connectivity index (χ2v) is 12.9. The van der Waals surface area contributed by atoms with Crippen molar-refractivity contribution in [3.8, 4) is 0 Å². The number of ether oxygens (including phenoxy) is 2. The topological polar surface area (TPSA) is 154 Å². The number of hydrogen-bond donors (Lipinski definition) is 0. The molecule has 0 aliphatic heterocycles. The van der Waals surface area contributed by atoms with E-state index in [9.17, 15) is 31.2 Å². The van der Waals surface area contributed by atoms with Crippen LogP contribution in [0.15, 0.2) is 34.1 Å². The molecule has 1 aromatic carbocycles. The molecule has 1 aromatic rings. The van der Waals surface area contributed by atoms with Gasteiger partial charge in [0.25, 0.3) is 0 Å². The minimum atomic E-state index is -5.08. The summed E-state index contributed by atoms with van der Waals surface area (Å²) in [7, 11) is -8.03. The molecule has 0 radical (unpaired) electrons. The Kier molecular flexibility index (Phi) is 8.73. The molecule has 12 nitrogen and oxygen atoms in total. The van der Waals surface area contributed by atoms with E-state index in [1.807, 2.05) is 0 Å². The van der Waals surface area contributed by atoms with Crippen molar-refractivity contribution in [1.29, 1.82) is 0 Å². The molecule has 0 unspecified atom stereocenters. The summed E-state index contributed by atoms with van der Waals surface area (Å²) in [6, 6.07) is 4.46. The first kappa shape index (κ1) is 29.2. The van der Waals surface area contributed by atoms with Gasteiger partial charge in [0.2, 0.25) is 0 Å².